The van der Waals surface area contributed by atoms with Crippen LogP contribution in [0.15, 0.2) is 58.2 Å². The van der Waals surface area contributed by atoms with Crippen molar-refractivity contribution in [2.45, 2.75) is 24.2 Å². The number of Topliss-reactive ketones (excluding diaryl/α,β-unsaturated/α-hetero) is 1. The van der Waals surface area contributed by atoms with Crippen LogP contribution in [-0.4, -0.2) is 54.4 Å². The van der Waals surface area contributed by atoms with Gasteiger partial charge in [0.05, 0.1) is 22.4 Å². The third-order valence-corrected chi connectivity index (χ3v) is 7.24. The molecule has 0 bridgehead atoms. The molecule has 2 heterocycles. The summed E-state index contributed by atoms with van der Waals surface area (Å²) in [5, 5.41) is 7.20. The number of carbonyl (C=O) groups excluding carboxylic acids is 2. The molecule has 9 nitrogen and oxygen atoms in total. The Bertz CT molecular complexity index is 1330. The fourth-order valence-corrected chi connectivity index (χ4v) is 5.13. The highest BCUT2D eigenvalue weighted by molar-refractivity contribution is 7.89. The van der Waals surface area contributed by atoms with Gasteiger partial charge in [-0.15, -0.1) is 0 Å². The molecule has 4 rings (SSSR count). The highest BCUT2D eigenvalue weighted by atomic mass is 32.2. The van der Waals surface area contributed by atoms with Gasteiger partial charge in [-0.05, 0) is 43.2 Å². The van der Waals surface area contributed by atoms with Crippen LogP contribution in [-0.2, 0) is 26.0 Å². The zero-order valence-electron chi connectivity index (χ0n) is 17.1. The van der Waals surface area contributed by atoms with Crippen molar-refractivity contribution in [3.05, 3.63) is 70.1 Å². The van der Waals surface area contributed by atoms with Crippen molar-refractivity contribution in [2.24, 2.45) is 0 Å². The molecule has 0 saturated carbocycles. The van der Waals surface area contributed by atoms with Crippen LogP contribution >= 0.6 is 0 Å². The van der Waals surface area contributed by atoms with Crippen molar-refractivity contribution in [1.29, 1.82) is 0 Å². The van der Waals surface area contributed by atoms with Crippen LogP contribution < -0.4 is 5.56 Å². The maximum absolute atomic E-state index is 12.6. The molecule has 1 aliphatic rings. The van der Waals surface area contributed by atoms with Gasteiger partial charge in [0.15, 0.2) is 12.4 Å². The van der Waals surface area contributed by atoms with E-state index in [-0.39, 0.29) is 22.4 Å². The van der Waals surface area contributed by atoms with Gasteiger partial charge in [-0.1, -0.05) is 18.2 Å². The molecule has 0 atom stereocenters. The van der Waals surface area contributed by atoms with Gasteiger partial charge < -0.3 is 4.74 Å². The van der Waals surface area contributed by atoms with Crippen LogP contribution in [0.4, 0.5) is 0 Å². The molecule has 1 fully saturated rings. The summed E-state index contributed by atoms with van der Waals surface area (Å²) in [6.07, 6.45) is 1.47. The summed E-state index contributed by atoms with van der Waals surface area (Å²) in [6, 6.07) is 12.4. The fourth-order valence-electron chi connectivity index (χ4n) is 3.61. The van der Waals surface area contributed by atoms with Crippen molar-refractivity contribution in [2.75, 3.05) is 19.7 Å². The highest BCUT2D eigenvalue weighted by Gasteiger charge is 2.27. The van der Waals surface area contributed by atoms with E-state index < -0.39 is 28.4 Å². The molecule has 0 aliphatic carbocycles. The van der Waals surface area contributed by atoms with Crippen LogP contribution in [0.1, 0.15) is 28.9 Å². The lowest BCUT2D eigenvalue weighted by atomic mass is 10.1. The third kappa shape index (κ3) is 4.46. The maximum atomic E-state index is 12.6. The summed E-state index contributed by atoms with van der Waals surface area (Å²) in [7, 11) is -3.56. The summed E-state index contributed by atoms with van der Waals surface area (Å²) in [5.41, 5.74) is 0.225. The summed E-state index contributed by atoms with van der Waals surface area (Å²) in [6.45, 7) is 0.509. The van der Waals surface area contributed by atoms with Gasteiger partial charge in [0.1, 0.15) is 0 Å². The van der Waals surface area contributed by atoms with Crippen molar-refractivity contribution < 1.29 is 22.7 Å². The monoisotopic (exact) mass is 455 g/mol. The van der Waals surface area contributed by atoms with Crippen molar-refractivity contribution in [3.63, 3.8) is 0 Å². The predicted octanol–water partition coefficient (Wildman–Crippen LogP) is 1.68. The van der Waals surface area contributed by atoms with Crippen LogP contribution in [0.3, 0.4) is 0 Å². The number of nitrogens with zero attached hydrogens (tertiary/aromatic N) is 2. The molecule has 0 unspecified atom stereocenters. The number of aromatic nitrogens is 2. The second-order valence-corrected chi connectivity index (χ2v) is 9.38. The lowest BCUT2D eigenvalue weighted by Gasteiger charge is -2.15. The number of aromatic amines is 1. The van der Waals surface area contributed by atoms with Crippen molar-refractivity contribution in [1.82, 2.24) is 14.5 Å². The Morgan fingerprint density at radius 1 is 1.00 bits per heavy atom. The Labute approximate surface area is 184 Å². The first-order valence-electron chi connectivity index (χ1n) is 10.1. The van der Waals surface area contributed by atoms with Crippen molar-refractivity contribution in [3.8, 4) is 0 Å². The van der Waals surface area contributed by atoms with Gasteiger partial charge in [-0.2, -0.15) is 9.40 Å². The van der Waals surface area contributed by atoms with E-state index in [2.05, 4.69) is 10.2 Å². The Hall–Kier alpha value is -3.37. The number of fused-ring (bicyclic) bond motifs is 1. The lowest BCUT2D eigenvalue weighted by Crippen LogP contribution is -2.27. The number of ether oxygens (including phenoxy) is 1. The summed E-state index contributed by atoms with van der Waals surface area (Å²) >= 11 is 0. The van der Waals surface area contributed by atoms with Crippen LogP contribution in [0.5, 0.6) is 0 Å². The Kier molecular flexibility index (Phi) is 6.15. The van der Waals surface area contributed by atoms with Gasteiger partial charge in [0.2, 0.25) is 10.0 Å². The van der Waals surface area contributed by atoms with Gasteiger partial charge in [0, 0.05) is 24.0 Å². The maximum Gasteiger partial charge on any atom is 0.312 e. The summed E-state index contributed by atoms with van der Waals surface area (Å²) in [5.74, 6) is -1.13. The number of hydrogen-bond acceptors (Lipinski definition) is 7. The minimum Gasteiger partial charge on any atom is -0.457 e. The number of ketones is 1. The average molecular weight is 455 g/mol. The SMILES string of the molecule is O=C(Cc1n[nH]c(=O)c2ccccc12)OCC(=O)c1ccc(S(=O)(=O)N2CCCC2)cc1. The van der Waals surface area contributed by atoms with Gasteiger partial charge in [-0.3, -0.25) is 14.4 Å². The topological polar surface area (TPSA) is 126 Å². The molecule has 3 aromatic rings. The largest absolute Gasteiger partial charge is 0.457 e. The van der Waals surface area contributed by atoms with Gasteiger partial charge in [0.25, 0.3) is 5.56 Å². The fraction of sp³-hybridized carbons (Fsp3) is 0.273. The van der Waals surface area contributed by atoms with E-state index in [1.807, 2.05) is 0 Å². The molecule has 2 aromatic carbocycles. The molecule has 32 heavy (non-hydrogen) atoms. The molecule has 166 valence electrons. The first-order valence-corrected chi connectivity index (χ1v) is 11.6. The number of carbonyl (C=O) groups is 2. The van der Waals surface area contributed by atoms with E-state index >= 15 is 0 Å². The van der Waals surface area contributed by atoms with Gasteiger partial charge >= 0.3 is 5.97 Å². The van der Waals surface area contributed by atoms with Crippen LogP contribution in [0.2, 0.25) is 0 Å². The Morgan fingerprint density at radius 3 is 2.34 bits per heavy atom. The molecule has 1 aliphatic heterocycles. The second-order valence-electron chi connectivity index (χ2n) is 7.44. The van der Waals surface area contributed by atoms with Crippen molar-refractivity contribution >= 4 is 32.5 Å². The normalized spacial score (nSPS) is 14.5. The van der Waals surface area contributed by atoms with E-state index in [9.17, 15) is 22.8 Å². The molecule has 0 radical (unpaired) electrons. The molecule has 1 N–H and O–H groups in total. The predicted molar refractivity (Wildman–Crippen MR) is 116 cm³/mol. The molecular formula is C22H21N3O6S. The number of esters is 1. The Morgan fingerprint density at radius 2 is 1.66 bits per heavy atom. The van der Waals surface area contributed by atoms with Crippen LogP contribution in [0, 0.1) is 0 Å². The molecule has 10 heteroatoms. The lowest BCUT2D eigenvalue weighted by molar-refractivity contribution is -0.141. The zero-order valence-corrected chi connectivity index (χ0v) is 17.9. The highest BCUT2D eigenvalue weighted by Crippen LogP contribution is 2.21. The minimum absolute atomic E-state index is 0.129. The smallest absolute Gasteiger partial charge is 0.312 e. The average Bonchev–Trinajstić information content (AvgIpc) is 3.36. The Balaban J connectivity index is 1.38. The molecule has 1 saturated heterocycles. The number of hydrogen-bond donors (Lipinski definition) is 1. The molecule has 0 spiro atoms. The summed E-state index contributed by atoms with van der Waals surface area (Å²) < 4.78 is 31.6. The van der Waals surface area contributed by atoms with E-state index in [0.717, 1.165) is 12.8 Å². The standard InChI is InChI=1S/C22H21N3O6S/c26-20(15-7-9-16(10-8-15)32(29,30)25-11-3-4-12-25)14-31-21(27)13-19-17-5-1-2-6-18(17)22(28)24-23-19/h1-2,5-10H,3-4,11-14H2,(H,24,28). The third-order valence-electron chi connectivity index (χ3n) is 5.33. The van der Waals surface area contributed by atoms with E-state index in [4.69, 9.17) is 4.74 Å². The summed E-state index contributed by atoms with van der Waals surface area (Å²) in [4.78, 5) is 36.6. The molecule has 0 amide bonds. The quantitative estimate of drug-likeness (QED) is 0.424. The van der Waals surface area contributed by atoms with Crippen LogP contribution in [0.25, 0.3) is 10.8 Å². The first-order chi connectivity index (χ1) is 15.4. The number of H-pyrrole nitrogens is 1. The number of sulfonamides is 1. The number of nitrogens with one attached hydrogen (secondary N) is 1. The van der Waals surface area contributed by atoms with E-state index in [0.29, 0.717) is 29.6 Å². The van der Waals surface area contributed by atoms with E-state index in [1.54, 1.807) is 24.3 Å². The minimum atomic E-state index is -3.56. The zero-order chi connectivity index (χ0) is 22.7. The van der Waals surface area contributed by atoms with Gasteiger partial charge in [-0.25, -0.2) is 13.5 Å². The molecule has 1 aromatic heterocycles. The molecular weight excluding hydrogens is 434 g/mol. The second kappa shape index (κ2) is 9.01. The number of rotatable bonds is 7. The first kappa shape index (κ1) is 21.8. The number of benzene rings is 2. The van der Waals surface area contributed by atoms with E-state index in [1.165, 1.54) is 28.6 Å².